The van der Waals surface area contributed by atoms with Crippen molar-refractivity contribution in [2.45, 2.75) is 33.2 Å². The predicted molar refractivity (Wildman–Crippen MR) is 142 cm³/mol. The molecule has 0 radical (unpaired) electrons. The Morgan fingerprint density at radius 1 is 1.03 bits per heavy atom. The first kappa shape index (κ1) is 23.9. The van der Waals surface area contributed by atoms with Crippen molar-refractivity contribution in [2.24, 2.45) is 5.92 Å². The summed E-state index contributed by atoms with van der Waals surface area (Å²) >= 11 is 1.43. The van der Waals surface area contributed by atoms with E-state index in [1.165, 1.54) is 11.3 Å². The Hall–Kier alpha value is -3.78. The van der Waals surface area contributed by atoms with Gasteiger partial charge in [0.15, 0.2) is 5.13 Å². The summed E-state index contributed by atoms with van der Waals surface area (Å²) in [6.45, 7) is 5.60. The van der Waals surface area contributed by atoms with Gasteiger partial charge in [0.2, 0.25) is 5.91 Å². The SMILES string of the molecule is Cc1ccc(-c2nn(Cc3ccccc3)cc2C(=O)N2CCC(C(=O)Nc3nc(C)cs3)CC2)cc1. The van der Waals surface area contributed by atoms with Gasteiger partial charge in [-0.25, -0.2) is 4.98 Å². The minimum atomic E-state index is -0.129. The Bertz CT molecular complexity index is 1350. The fourth-order valence-corrected chi connectivity index (χ4v) is 5.18. The van der Waals surface area contributed by atoms with Crippen LogP contribution in [-0.2, 0) is 11.3 Å². The van der Waals surface area contributed by atoms with Crippen LogP contribution in [0.1, 0.15) is 40.0 Å². The normalized spacial score (nSPS) is 14.1. The second-order valence-electron chi connectivity index (χ2n) is 9.29. The van der Waals surface area contributed by atoms with Crippen molar-refractivity contribution in [1.29, 1.82) is 0 Å². The number of carbonyl (C=O) groups excluding carboxylic acids is 2. The maximum absolute atomic E-state index is 13.7. The lowest BCUT2D eigenvalue weighted by Crippen LogP contribution is -2.41. The van der Waals surface area contributed by atoms with Gasteiger partial charge in [0, 0.05) is 36.1 Å². The number of anilines is 1. The lowest BCUT2D eigenvalue weighted by molar-refractivity contribution is -0.121. The molecule has 0 aliphatic carbocycles. The molecule has 0 saturated carbocycles. The Morgan fingerprint density at radius 2 is 1.75 bits per heavy atom. The third kappa shape index (κ3) is 5.39. The smallest absolute Gasteiger partial charge is 0.257 e. The molecule has 7 nitrogen and oxygen atoms in total. The number of hydrogen-bond acceptors (Lipinski definition) is 5. The van der Waals surface area contributed by atoms with Crippen LogP contribution >= 0.6 is 11.3 Å². The molecular formula is C28H29N5O2S. The van der Waals surface area contributed by atoms with Gasteiger partial charge in [0.25, 0.3) is 5.91 Å². The van der Waals surface area contributed by atoms with Crippen molar-refractivity contribution in [3.8, 4) is 11.3 Å². The molecule has 1 aliphatic heterocycles. The highest BCUT2D eigenvalue weighted by molar-refractivity contribution is 7.13. The Labute approximate surface area is 214 Å². The van der Waals surface area contributed by atoms with Crippen molar-refractivity contribution in [2.75, 3.05) is 18.4 Å². The zero-order valence-corrected chi connectivity index (χ0v) is 21.3. The summed E-state index contributed by atoms with van der Waals surface area (Å²) in [5.41, 5.74) is 5.38. The van der Waals surface area contributed by atoms with Crippen LogP contribution < -0.4 is 5.32 Å². The molecule has 2 aromatic heterocycles. The highest BCUT2D eigenvalue weighted by Gasteiger charge is 2.30. The molecule has 184 valence electrons. The van der Waals surface area contributed by atoms with E-state index in [1.54, 1.807) is 0 Å². The number of nitrogens with one attached hydrogen (secondary N) is 1. The van der Waals surface area contributed by atoms with Crippen LogP contribution in [-0.4, -0.2) is 44.6 Å². The molecule has 5 rings (SSSR count). The topological polar surface area (TPSA) is 80.1 Å². The van der Waals surface area contributed by atoms with E-state index in [1.807, 2.05) is 77.5 Å². The minimum absolute atomic E-state index is 0.0209. The van der Waals surface area contributed by atoms with Gasteiger partial charge in [-0.3, -0.25) is 14.3 Å². The van der Waals surface area contributed by atoms with Crippen LogP contribution in [0, 0.1) is 19.8 Å². The largest absolute Gasteiger partial charge is 0.338 e. The van der Waals surface area contributed by atoms with Crippen molar-refractivity contribution in [3.05, 3.63) is 88.6 Å². The van der Waals surface area contributed by atoms with Crippen LogP contribution in [0.5, 0.6) is 0 Å². The molecule has 0 spiro atoms. The highest BCUT2D eigenvalue weighted by atomic mass is 32.1. The van der Waals surface area contributed by atoms with Crippen molar-refractivity contribution < 1.29 is 9.59 Å². The number of hydrogen-bond donors (Lipinski definition) is 1. The number of likely N-dealkylation sites (tertiary alicyclic amines) is 1. The zero-order valence-electron chi connectivity index (χ0n) is 20.5. The number of carbonyl (C=O) groups is 2. The van der Waals surface area contributed by atoms with E-state index in [9.17, 15) is 9.59 Å². The molecule has 36 heavy (non-hydrogen) atoms. The van der Waals surface area contributed by atoms with E-state index in [4.69, 9.17) is 5.10 Å². The van der Waals surface area contributed by atoms with Gasteiger partial charge in [-0.2, -0.15) is 5.10 Å². The quantitative estimate of drug-likeness (QED) is 0.397. The van der Waals surface area contributed by atoms with E-state index in [0.29, 0.717) is 48.9 Å². The molecule has 1 fully saturated rings. The second kappa shape index (κ2) is 10.5. The maximum Gasteiger partial charge on any atom is 0.257 e. The number of rotatable bonds is 6. The first-order valence-corrected chi connectivity index (χ1v) is 13.0. The van der Waals surface area contributed by atoms with E-state index in [0.717, 1.165) is 22.4 Å². The molecule has 4 aromatic rings. The maximum atomic E-state index is 13.7. The van der Waals surface area contributed by atoms with Gasteiger partial charge in [0.1, 0.15) is 5.69 Å². The number of aromatic nitrogens is 3. The van der Waals surface area contributed by atoms with Crippen molar-refractivity contribution in [3.63, 3.8) is 0 Å². The predicted octanol–water partition coefficient (Wildman–Crippen LogP) is 5.16. The number of nitrogens with zero attached hydrogens (tertiary/aromatic N) is 4. The van der Waals surface area contributed by atoms with Gasteiger partial charge >= 0.3 is 0 Å². The van der Waals surface area contributed by atoms with Crippen LogP contribution in [0.15, 0.2) is 66.2 Å². The summed E-state index contributed by atoms with van der Waals surface area (Å²) in [4.78, 5) is 32.5. The van der Waals surface area contributed by atoms with E-state index < -0.39 is 0 Å². The molecule has 3 heterocycles. The third-order valence-electron chi connectivity index (χ3n) is 6.51. The summed E-state index contributed by atoms with van der Waals surface area (Å²) in [5.74, 6) is -0.192. The average Bonchev–Trinajstić information content (AvgIpc) is 3.50. The molecule has 2 aromatic carbocycles. The van der Waals surface area contributed by atoms with Gasteiger partial charge in [-0.05, 0) is 32.3 Å². The molecule has 0 atom stereocenters. The molecule has 0 unspecified atom stereocenters. The molecule has 1 saturated heterocycles. The zero-order chi connectivity index (χ0) is 25.1. The number of thiazole rings is 1. The van der Waals surface area contributed by atoms with Crippen LogP contribution in [0.3, 0.4) is 0 Å². The van der Waals surface area contributed by atoms with Crippen molar-refractivity contribution >= 4 is 28.3 Å². The molecule has 1 N–H and O–H groups in total. The third-order valence-corrected chi connectivity index (χ3v) is 7.38. The Kier molecular flexibility index (Phi) is 6.95. The highest BCUT2D eigenvalue weighted by Crippen LogP contribution is 2.27. The van der Waals surface area contributed by atoms with Gasteiger partial charge in [0.05, 0.1) is 17.8 Å². The standard InChI is InChI=1S/C28H29N5O2S/c1-19-8-10-22(11-9-19)25-24(17-33(31-25)16-21-6-4-3-5-7-21)27(35)32-14-12-23(13-15-32)26(34)30-28-29-20(2)18-36-28/h3-11,17-18,23H,12-16H2,1-2H3,(H,29,30,34). The average molecular weight is 500 g/mol. The number of piperidine rings is 1. The van der Waals surface area contributed by atoms with Crippen molar-refractivity contribution in [1.82, 2.24) is 19.7 Å². The lowest BCUT2D eigenvalue weighted by atomic mass is 9.95. The Balaban J connectivity index is 1.32. The van der Waals surface area contributed by atoms with Gasteiger partial charge < -0.3 is 10.2 Å². The van der Waals surface area contributed by atoms with Crippen LogP contribution in [0.2, 0.25) is 0 Å². The van der Waals surface area contributed by atoms with E-state index >= 15 is 0 Å². The molecule has 0 bridgehead atoms. The van der Waals surface area contributed by atoms with E-state index in [-0.39, 0.29) is 17.7 Å². The van der Waals surface area contributed by atoms with Crippen LogP contribution in [0.25, 0.3) is 11.3 Å². The summed E-state index contributed by atoms with van der Waals surface area (Å²) < 4.78 is 1.84. The number of aryl methyl sites for hydroxylation is 2. The molecule has 8 heteroatoms. The lowest BCUT2D eigenvalue weighted by Gasteiger charge is -2.31. The monoisotopic (exact) mass is 499 g/mol. The second-order valence-corrected chi connectivity index (χ2v) is 10.1. The molecule has 2 amide bonds. The van der Waals surface area contributed by atoms with Crippen LogP contribution in [0.4, 0.5) is 5.13 Å². The molecule has 1 aliphatic rings. The number of amides is 2. The van der Waals surface area contributed by atoms with E-state index in [2.05, 4.69) is 22.4 Å². The van der Waals surface area contributed by atoms with Gasteiger partial charge in [-0.15, -0.1) is 11.3 Å². The fourth-order valence-electron chi connectivity index (χ4n) is 4.49. The minimum Gasteiger partial charge on any atom is -0.338 e. The first-order chi connectivity index (χ1) is 17.5. The Morgan fingerprint density at radius 3 is 2.42 bits per heavy atom. The first-order valence-electron chi connectivity index (χ1n) is 12.2. The summed E-state index contributed by atoms with van der Waals surface area (Å²) in [7, 11) is 0. The number of benzene rings is 2. The summed E-state index contributed by atoms with van der Waals surface area (Å²) in [6, 6.07) is 18.2. The molecular weight excluding hydrogens is 470 g/mol. The fraction of sp³-hybridized carbons (Fsp3) is 0.286. The summed E-state index contributed by atoms with van der Waals surface area (Å²) in [5, 5.41) is 10.3. The van der Waals surface area contributed by atoms with Gasteiger partial charge in [-0.1, -0.05) is 60.2 Å². The summed E-state index contributed by atoms with van der Waals surface area (Å²) in [6.07, 6.45) is 3.11.